The molecule has 1 radical (unpaired) electrons. The van der Waals surface area contributed by atoms with Crippen LogP contribution in [-0.4, -0.2) is 10.2 Å². The third-order valence-electron chi connectivity index (χ3n) is 1.97. The van der Waals surface area contributed by atoms with E-state index >= 15 is 0 Å². The van der Waals surface area contributed by atoms with Crippen molar-refractivity contribution in [2.75, 3.05) is 0 Å². The fraction of sp³-hybridized carbons (Fsp3) is 0.100. The highest BCUT2D eigenvalue weighted by molar-refractivity contribution is 5.64. The molecule has 0 unspecified atom stereocenters. The minimum absolute atomic E-state index is 0.148. The third kappa shape index (κ3) is 1.01. The van der Waals surface area contributed by atoms with Crippen LogP contribution in [0.4, 0.5) is 0 Å². The number of phenols is 1. The van der Waals surface area contributed by atoms with E-state index in [1.54, 1.807) is 12.1 Å². The molecular formula is C10H9O2. The SMILES string of the molecule is O[C]1CC=Cc2cccc(O)c21. The summed E-state index contributed by atoms with van der Waals surface area (Å²) < 4.78 is 0. The van der Waals surface area contributed by atoms with E-state index in [4.69, 9.17) is 0 Å². The quantitative estimate of drug-likeness (QED) is 0.611. The highest BCUT2D eigenvalue weighted by Crippen LogP contribution is 2.33. The molecule has 2 nitrogen and oxygen atoms in total. The van der Waals surface area contributed by atoms with Gasteiger partial charge in [0.05, 0.1) is 0 Å². The van der Waals surface area contributed by atoms with Crippen molar-refractivity contribution in [3.63, 3.8) is 0 Å². The van der Waals surface area contributed by atoms with Gasteiger partial charge in [0, 0.05) is 12.0 Å². The molecule has 2 N–H and O–H groups in total. The van der Waals surface area contributed by atoms with E-state index in [1.165, 1.54) is 0 Å². The van der Waals surface area contributed by atoms with E-state index in [9.17, 15) is 10.2 Å². The van der Waals surface area contributed by atoms with E-state index in [-0.39, 0.29) is 11.9 Å². The minimum atomic E-state index is 0.148. The predicted molar refractivity (Wildman–Crippen MR) is 46.0 cm³/mol. The van der Waals surface area contributed by atoms with Crippen molar-refractivity contribution in [1.29, 1.82) is 0 Å². The number of aliphatic hydroxyl groups excluding tert-OH is 1. The third-order valence-corrected chi connectivity index (χ3v) is 1.97. The lowest BCUT2D eigenvalue weighted by atomic mass is 9.94. The van der Waals surface area contributed by atoms with Gasteiger partial charge < -0.3 is 10.2 Å². The number of aromatic hydroxyl groups is 1. The van der Waals surface area contributed by atoms with Crippen LogP contribution < -0.4 is 0 Å². The summed E-state index contributed by atoms with van der Waals surface area (Å²) in [6.07, 6.45) is 4.52. The smallest absolute Gasteiger partial charge is 0.130 e. The first-order chi connectivity index (χ1) is 5.79. The lowest BCUT2D eigenvalue weighted by Gasteiger charge is -2.16. The zero-order chi connectivity index (χ0) is 8.55. The van der Waals surface area contributed by atoms with Crippen molar-refractivity contribution in [1.82, 2.24) is 0 Å². The number of phenolic OH excluding ortho intramolecular Hbond substituents is 1. The fourth-order valence-electron chi connectivity index (χ4n) is 1.41. The molecule has 61 valence electrons. The summed E-state index contributed by atoms with van der Waals surface area (Å²) in [7, 11) is 0. The topological polar surface area (TPSA) is 40.5 Å². The molecule has 0 aliphatic heterocycles. The maximum atomic E-state index is 9.45. The molecule has 1 aromatic rings. The highest BCUT2D eigenvalue weighted by Gasteiger charge is 2.18. The summed E-state index contributed by atoms with van der Waals surface area (Å²) in [4.78, 5) is 0. The maximum Gasteiger partial charge on any atom is 0.130 e. The molecule has 0 saturated carbocycles. The first-order valence-corrected chi connectivity index (χ1v) is 3.83. The van der Waals surface area contributed by atoms with Crippen molar-refractivity contribution in [3.05, 3.63) is 41.5 Å². The van der Waals surface area contributed by atoms with Crippen molar-refractivity contribution in [3.8, 4) is 5.75 Å². The van der Waals surface area contributed by atoms with Gasteiger partial charge in [-0.15, -0.1) is 0 Å². The summed E-state index contributed by atoms with van der Waals surface area (Å²) in [5, 5.41) is 18.9. The van der Waals surface area contributed by atoms with Crippen molar-refractivity contribution in [2.24, 2.45) is 0 Å². The van der Waals surface area contributed by atoms with Crippen LogP contribution in [0.5, 0.6) is 5.75 Å². The van der Waals surface area contributed by atoms with Gasteiger partial charge in [-0.3, -0.25) is 0 Å². The van der Waals surface area contributed by atoms with Gasteiger partial charge in [-0.2, -0.15) is 0 Å². The number of rotatable bonds is 0. The molecule has 0 spiro atoms. The van der Waals surface area contributed by atoms with Crippen LogP contribution in [0, 0.1) is 6.10 Å². The molecule has 0 heterocycles. The van der Waals surface area contributed by atoms with Crippen LogP contribution in [0.2, 0.25) is 0 Å². The molecule has 0 saturated heterocycles. The second-order valence-corrected chi connectivity index (χ2v) is 2.79. The average Bonchev–Trinajstić information content (AvgIpc) is 2.04. The molecule has 12 heavy (non-hydrogen) atoms. The average molecular weight is 161 g/mol. The highest BCUT2D eigenvalue weighted by atomic mass is 16.3. The standard InChI is InChI=1S/C10H9O2/c11-8-5-1-3-7-4-2-6-9(12)10(7)8/h1-5,11-12H,6H2. The number of aliphatic hydroxyl groups is 1. The first kappa shape index (κ1) is 7.37. The second-order valence-electron chi connectivity index (χ2n) is 2.79. The summed E-state index contributed by atoms with van der Waals surface area (Å²) in [6, 6.07) is 5.20. The number of benzene rings is 1. The number of hydrogen-bond donors (Lipinski definition) is 2. The van der Waals surface area contributed by atoms with Crippen molar-refractivity contribution < 1.29 is 10.2 Å². The molecule has 1 aromatic carbocycles. The first-order valence-electron chi connectivity index (χ1n) is 3.83. The molecule has 2 heteroatoms. The van der Waals surface area contributed by atoms with Crippen molar-refractivity contribution in [2.45, 2.75) is 6.42 Å². The van der Waals surface area contributed by atoms with E-state index in [1.807, 2.05) is 18.2 Å². The van der Waals surface area contributed by atoms with Crippen LogP contribution in [0.1, 0.15) is 17.5 Å². The Morgan fingerprint density at radius 3 is 2.75 bits per heavy atom. The fourth-order valence-corrected chi connectivity index (χ4v) is 1.41. The zero-order valence-corrected chi connectivity index (χ0v) is 6.49. The second kappa shape index (κ2) is 2.64. The van der Waals surface area contributed by atoms with Gasteiger partial charge in [0.15, 0.2) is 0 Å². The Hall–Kier alpha value is -1.28. The molecule has 0 amide bonds. The Morgan fingerprint density at radius 1 is 1.17 bits per heavy atom. The van der Waals surface area contributed by atoms with Crippen LogP contribution in [0.25, 0.3) is 6.08 Å². The zero-order valence-electron chi connectivity index (χ0n) is 6.49. The largest absolute Gasteiger partial charge is 0.508 e. The van der Waals surface area contributed by atoms with Gasteiger partial charge in [-0.25, -0.2) is 0 Å². The van der Waals surface area contributed by atoms with Gasteiger partial charge in [-0.05, 0) is 11.6 Å². The Morgan fingerprint density at radius 2 is 2.00 bits per heavy atom. The van der Waals surface area contributed by atoms with Gasteiger partial charge in [-0.1, -0.05) is 24.3 Å². The maximum absolute atomic E-state index is 9.45. The Labute approximate surface area is 70.8 Å². The molecule has 2 rings (SSSR count). The summed E-state index contributed by atoms with van der Waals surface area (Å²) in [5.74, 6) is 0.148. The molecule has 1 aliphatic rings. The van der Waals surface area contributed by atoms with Crippen LogP contribution in [0.15, 0.2) is 24.3 Å². The van der Waals surface area contributed by atoms with Gasteiger partial charge >= 0.3 is 0 Å². The van der Waals surface area contributed by atoms with Crippen molar-refractivity contribution >= 4 is 6.08 Å². The lowest BCUT2D eigenvalue weighted by molar-refractivity contribution is 0.317. The molecule has 0 atom stereocenters. The Bertz CT molecular complexity index is 329. The summed E-state index contributed by atoms with van der Waals surface area (Å²) in [5.41, 5.74) is 1.44. The lowest BCUT2D eigenvalue weighted by Crippen LogP contribution is -2.03. The van der Waals surface area contributed by atoms with Gasteiger partial charge in [0.2, 0.25) is 0 Å². The number of fused-ring (bicyclic) bond motifs is 1. The van der Waals surface area contributed by atoms with Crippen LogP contribution >= 0.6 is 0 Å². The molecule has 0 fully saturated rings. The molecule has 1 aliphatic carbocycles. The molecule has 0 bridgehead atoms. The van der Waals surface area contributed by atoms with Gasteiger partial charge in [0.1, 0.15) is 11.9 Å². The van der Waals surface area contributed by atoms with E-state index in [0.717, 1.165) is 5.56 Å². The van der Waals surface area contributed by atoms with Gasteiger partial charge in [0.25, 0.3) is 0 Å². The summed E-state index contributed by atoms with van der Waals surface area (Å²) >= 11 is 0. The van der Waals surface area contributed by atoms with Crippen LogP contribution in [0.3, 0.4) is 0 Å². The minimum Gasteiger partial charge on any atom is -0.508 e. The Balaban J connectivity index is 2.62. The molecular weight excluding hydrogens is 152 g/mol. The monoisotopic (exact) mass is 161 g/mol. The van der Waals surface area contributed by atoms with E-state index in [2.05, 4.69) is 0 Å². The molecule has 0 aromatic heterocycles. The van der Waals surface area contributed by atoms with Crippen LogP contribution in [-0.2, 0) is 0 Å². The Kier molecular flexibility index (Phi) is 1.62. The summed E-state index contributed by atoms with van der Waals surface area (Å²) in [6.45, 7) is 0. The normalized spacial score (nSPS) is 16.1. The predicted octanol–water partition coefficient (Wildman–Crippen LogP) is 2.06. The van der Waals surface area contributed by atoms with E-state index < -0.39 is 0 Å². The number of hydrogen-bond acceptors (Lipinski definition) is 2. The van der Waals surface area contributed by atoms with E-state index in [0.29, 0.717) is 12.0 Å².